The average molecular weight is 310 g/mol. The summed E-state index contributed by atoms with van der Waals surface area (Å²) >= 11 is 0. The maximum absolute atomic E-state index is 11.1. The number of piperidine rings is 3. The normalized spacial score (nSPS) is 31.7. The number of rotatable bonds is 5. The lowest BCUT2D eigenvalue weighted by atomic mass is 9.73. The van der Waals surface area contributed by atoms with Crippen LogP contribution in [0.2, 0.25) is 0 Å². The van der Waals surface area contributed by atoms with E-state index in [0.29, 0.717) is 11.8 Å². The van der Waals surface area contributed by atoms with Gasteiger partial charge in [-0.05, 0) is 56.5 Å². The quantitative estimate of drug-likeness (QED) is 0.665. The molecule has 2 bridgehead atoms. The Morgan fingerprint density at radius 2 is 2.22 bits per heavy atom. The van der Waals surface area contributed by atoms with Gasteiger partial charge in [0.2, 0.25) is 0 Å². The molecular formula is C20H26N2O. The second-order valence-corrected chi connectivity index (χ2v) is 6.61. The summed E-state index contributed by atoms with van der Waals surface area (Å²) < 4.78 is 0. The Labute approximate surface area is 139 Å². The molecule has 3 saturated heterocycles. The number of aliphatic hydroxyl groups is 1. The highest BCUT2D eigenvalue weighted by Gasteiger charge is 2.42. The predicted molar refractivity (Wildman–Crippen MR) is 97.1 cm³/mol. The van der Waals surface area contributed by atoms with Crippen molar-refractivity contribution in [3.8, 4) is 0 Å². The number of hydrogen-bond acceptors (Lipinski definition) is 3. The van der Waals surface area contributed by atoms with E-state index in [1.54, 1.807) is 0 Å². The van der Waals surface area contributed by atoms with E-state index >= 15 is 0 Å². The molecule has 0 radical (unpaired) electrons. The molecule has 4 unspecified atom stereocenters. The fourth-order valence-electron chi connectivity index (χ4n) is 4.25. The van der Waals surface area contributed by atoms with Crippen molar-refractivity contribution in [1.82, 2.24) is 4.90 Å². The van der Waals surface area contributed by atoms with Gasteiger partial charge in [-0.2, -0.15) is 0 Å². The first-order chi connectivity index (χ1) is 11.2. The van der Waals surface area contributed by atoms with Crippen molar-refractivity contribution in [2.45, 2.75) is 31.9 Å². The molecule has 122 valence electrons. The highest BCUT2D eigenvalue weighted by atomic mass is 16.3. The summed E-state index contributed by atoms with van der Waals surface area (Å²) in [5, 5.41) is 11.1. The molecule has 0 spiro atoms. The van der Waals surface area contributed by atoms with E-state index in [0.717, 1.165) is 36.3 Å². The zero-order valence-corrected chi connectivity index (χ0v) is 13.9. The van der Waals surface area contributed by atoms with Gasteiger partial charge < -0.3 is 5.11 Å². The van der Waals surface area contributed by atoms with E-state index in [-0.39, 0.29) is 6.04 Å². The zero-order valence-electron chi connectivity index (χ0n) is 13.9. The van der Waals surface area contributed by atoms with Crippen LogP contribution >= 0.6 is 0 Å². The summed E-state index contributed by atoms with van der Waals surface area (Å²) in [5.41, 5.74) is 2.78. The highest BCUT2D eigenvalue weighted by molar-refractivity contribution is 5.78. The van der Waals surface area contributed by atoms with Gasteiger partial charge in [0.15, 0.2) is 0 Å². The van der Waals surface area contributed by atoms with Gasteiger partial charge in [0, 0.05) is 18.2 Å². The molecule has 5 atom stereocenters. The van der Waals surface area contributed by atoms with Crippen LogP contribution in [-0.4, -0.2) is 42.0 Å². The van der Waals surface area contributed by atoms with Crippen molar-refractivity contribution in [2.75, 3.05) is 13.1 Å². The van der Waals surface area contributed by atoms with Gasteiger partial charge in [-0.25, -0.2) is 0 Å². The number of aliphatic hydroxyl groups excluding tert-OH is 1. The van der Waals surface area contributed by atoms with Crippen LogP contribution in [0.15, 0.2) is 48.0 Å². The van der Waals surface area contributed by atoms with Crippen LogP contribution in [0.1, 0.15) is 25.3 Å². The molecule has 3 heteroatoms. The Morgan fingerprint density at radius 3 is 2.83 bits per heavy atom. The van der Waals surface area contributed by atoms with Crippen LogP contribution in [0, 0.1) is 11.8 Å². The summed E-state index contributed by atoms with van der Waals surface area (Å²) in [6.07, 6.45) is 5.88. The SMILES string of the molecule is C=CC1CN2CCC1CC2[C@H](O)/C(=C/C)c1ccccc1N=C. The average Bonchev–Trinajstić information content (AvgIpc) is 2.62. The van der Waals surface area contributed by atoms with Gasteiger partial charge in [0.1, 0.15) is 0 Å². The van der Waals surface area contributed by atoms with Crippen molar-refractivity contribution in [1.29, 1.82) is 0 Å². The maximum Gasteiger partial charge on any atom is 0.0948 e. The molecule has 3 fully saturated rings. The van der Waals surface area contributed by atoms with Crippen LogP contribution in [0.4, 0.5) is 5.69 Å². The Bertz CT molecular complexity index is 622. The summed E-state index contributed by atoms with van der Waals surface area (Å²) in [6, 6.07) is 8.09. The number of fused-ring (bicyclic) bond motifs is 3. The minimum atomic E-state index is -0.489. The van der Waals surface area contributed by atoms with Crippen LogP contribution < -0.4 is 0 Å². The van der Waals surface area contributed by atoms with E-state index in [1.807, 2.05) is 37.3 Å². The smallest absolute Gasteiger partial charge is 0.0948 e. The van der Waals surface area contributed by atoms with E-state index in [4.69, 9.17) is 0 Å². The number of aliphatic imine (C=N–C) groups is 1. The first-order valence-electron chi connectivity index (χ1n) is 8.46. The molecule has 4 rings (SSSR count). The van der Waals surface area contributed by atoms with Crippen LogP contribution in [0.25, 0.3) is 5.57 Å². The summed E-state index contributed by atoms with van der Waals surface area (Å²) in [4.78, 5) is 6.55. The fourth-order valence-corrected chi connectivity index (χ4v) is 4.25. The monoisotopic (exact) mass is 310 g/mol. The highest BCUT2D eigenvalue weighted by Crippen LogP contribution is 2.41. The fraction of sp³-hybridized carbons (Fsp3) is 0.450. The molecule has 1 N–H and O–H groups in total. The van der Waals surface area contributed by atoms with Gasteiger partial charge in [-0.3, -0.25) is 9.89 Å². The van der Waals surface area contributed by atoms with Crippen LogP contribution in [-0.2, 0) is 0 Å². The van der Waals surface area contributed by atoms with Gasteiger partial charge in [0.05, 0.1) is 11.8 Å². The van der Waals surface area contributed by atoms with E-state index in [2.05, 4.69) is 29.3 Å². The first kappa shape index (κ1) is 16.2. The number of para-hydroxylation sites is 1. The molecule has 23 heavy (non-hydrogen) atoms. The second kappa shape index (κ2) is 6.81. The summed E-state index contributed by atoms with van der Waals surface area (Å²) in [5.74, 6) is 1.23. The minimum Gasteiger partial charge on any atom is -0.387 e. The van der Waals surface area contributed by atoms with E-state index < -0.39 is 6.10 Å². The Morgan fingerprint density at radius 1 is 1.43 bits per heavy atom. The predicted octanol–water partition coefficient (Wildman–Crippen LogP) is 3.68. The van der Waals surface area contributed by atoms with Crippen molar-refractivity contribution in [3.05, 3.63) is 48.6 Å². The van der Waals surface area contributed by atoms with Gasteiger partial charge in [-0.15, -0.1) is 6.58 Å². The second-order valence-electron chi connectivity index (χ2n) is 6.61. The number of nitrogens with zero attached hydrogens (tertiary/aromatic N) is 2. The third-order valence-electron chi connectivity index (χ3n) is 5.53. The lowest BCUT2D eigenvalue weighted by molar-refractivity contribution is -0.0254. The lowest BCUT2D eigenvalue weighted by Crippen LogP contribution is -2.57. The van der Waals surface area contributed by atoms with E-state index in [1.165, 1.54) is 6.42 Å². The minimum absolute atomic E-state index is 0.189. The van der Waals surface area contributed by atoms with Crippen molar-refractivity contribution < 1.29 is 5.11 Å². The van der Waals surface area contributed by atoms with E-state index in [9.17, 15) is 5.11 Å². The van der Waals surface area contributed by atoms with Gasteiger partial charge in [-0.1, -0.05) is 30.4 Å². The number of allylic oxidation sites excluding steroid dienone is 1. The molecule has 0 amide bonds. The topological polar surface area (TPSA) is 35.8 Å². The standard InChI is InChI=1S/C20H26N2O/c1-4-14-13-22-11-10-15(14)12-19(22)20(23)16(5-2)17-8-6-7-9-18(17)21-3/h4-9,14-15,19-20,23H,1,3,10-13H2,2H3/b16-5+/t14?,15?,19?,20-/m1/s1. The molecule has 3 heterocycles. The Kier molecular flexibility index (Phi) is 4.79. The number of benzene rings is 1. The molecular weight excluding hydrogens is 284 g/mol. The summed E-state index contributed by atoms with van der Waals surface area (Å²) in [6.45, 7) is 11.7. The molecule has 3 aliphatic rings. The largest absolute Gasteiger partial charge is 0.387 e. The Balaban J connectivity index is 1.86. The van der Waals surface area contributed by atoms with Crippen molar-refractivity contribution in [3.63, 3.8) is 0 Å². The molecule has 0 saturated carbocycles. The van der Waals surface area contributed by atoms with Crippen LogP contribution in [0.3, 0.4) is 0 Å². The molecule has 0 aliphatic carbocycles. The number of hydrogen-bond donors (Lipinski definition) is 1. The van der Waals surface area contributed by atoms with Crippen molar-refractivity contribution in [2.24, 2.45) is 16.8 Å². The molecule has 0 aromatic heterocycles. The van der Waals surface area contributed by atoms with Crippen molar-refractivity contribution >= 4 is 18.0 Å². The maximum atomic E-state index is 11.1. The van der Waals surface area contributed by atoms with Crippen LogP contribution in [0.5, 0.6) is 0 Å². The third kappa shape index (κ3) is 2.91. The zero-order chi connectivity index (χ0) is 16.4. The van der Waals surface area contributed by atoms with Gasteiger partial charge >= 0.3 is 0 Å². The van der Waals surface area contributed by atoms with Gasteiger partial charge in [0.25, 0.3) is 0 Å². The molecule has 1 aromatic rings. The summed E-state index contributed by atoms with van der Waals surface area (Å²) in [7, 11) is 0. The first-order valence-corrected chi connectivity index (χ1v) is 8.46. The molecule has 3 aliphatic heterocycles. The molecule has 3 nitrogen and oxygen atoms in total. The lowest BCUT2D eigenvalue weighted by Gasteiger charge is -2.51. The third-order valence-corrected chi connectivity index (χ3v) is 5.53. The molecule has 1 aromatic carbocycles. The Hall–Kier alpha value is -1.71.